The maximum Gasteiger partial charge on any atom is 0.345 e. The van der Waals surface area contributed by atoms with E-state index in [1.54, 1.807) is 19.1 Å². The van der Waals surface area contributed by atoms with Crippen LogP contribution in [0.4, 0.5) is 5.69 Å². The Hall–Kier alpha value is -1.91. The van der Waals surface area contributed by atoms with Crippen molar-refractivity contribution in [3.05, 3.63) is 39.4 Å². The van der Waals surface area contributed by atoms with Gasteiger partial charge in [-0.05, 0) is 19.4 Å². The standard InChI is InChI=1S/C12H15NO4/c1-3-4-8-17-12(14)10-7-5-6-9(2)11(10)13(15)16/h5-7H,3-4,8H2,1-2H3. The molecule has 1 aromatic carbocycles. The van der Waals surface area contributed by atoms with Gasteiger partial charge in [-0.3, -0.25) is 10.1 Å². The van der Waals surface area contributed by atoms with Crippen molar-refractivity contribution in [3.63, 3.8) is 0 Å². The third-order valence-electron chi connectivity index (χ3n) is 2.37. The van der Waals surface area contributed by atoms with Gasteiger partial charge >= 0.3 is 5.97 Å². The molecular formula is C12H15NO4. The topological polar surface area (TPSA) is 69.4 Å². The number of carbonyl (C=O) groups is 1. The molecule has 0 aliphatic heterocycles. The number of carbonyl (C=O) groups excluding carboxylic acids is 1. The van der Waals surface area contributed by atoms with Crippen LogP contribution in [0.3, 0.4) is 0 Å². The Morgan fingerprint density at radius 2 is 2.18 bits per heavy atom. The fourth-order valence-corrected chi connectivity index (χ4v) is 1.45. The molecular weight excluding hydrogens is 222 g/mol. The number of rotatable bonds is 5. The molecule has 0 saturated carbocycles. The van der Waals surface area contributed by atoms with E-state index >= 15 is 0 Å². The molecule has 0 aliphatic carbocycles. The fraction of sp³-hybridized carbons (Fsp3) is 0.417. The highest BCUT2D eigenvalue weighted by Gasteiger charge is 2.23. The predicted molar refractivity (Wildman–Crippen MR) is 63.0 cm³/mol. The minimum Gasteiger partial charge on any atom is -0.462 e. The third-order valence-corrected chi connectivity index (χ3v) is 2.37. The Labute approximate surface area is 99.5 Å². The number of aryl methyl sites for hydroxylation is 1. The Morgan fingerprint density at radius 1 is 1.47 bits per heavy atom. The van der Waals surface area contributed by atoms with Gasteiger partial charge in [0, 0.05) is 5.56 Å². The second kappa shape index (κ2) is 5.98. The van der Waals surface area contributed by atoms with Gasteiger partial charge in [-0.15, -0.1) is 0 Å². The molecule has 0 N–H and O–H groups in total. The minimum atomic E-state index is -0.631. The van der Waals surface area contributed by atoms with E-state index in [0.29, 0.717) is 12.2 Å². The maximum absolute atomic E-state index is 11.7. The zero-order valence-corrected chi connectivity index (χ0v) is 9.93. The molecule has 0 bridgehead atoms. The molecule has 0 amide bonds. The largest absolute Gasteiger partial charge is 0.462 e. The molecule has 5 nitrogen and oxygen atoms in total. The normalized spacial score (nSPS) is 10.0. The van der Waals surface area contributed by atoms with Gasteiger partial charge in [0.2, 0.25) is 0 Å². The predicted octanol–water partition coefficient (Wildman–Crippen LogP) is 2.86. The Kier molecular flexibility index (Phi) is 4.63. The molecule has 0 radical (unpaired) electrons. The number of esters is 1. The van der Waals surface area contributed by atoms with Crippen molar-refractivity contribution in [2.24, 2.45) is 0 Å². The zero-order valence-electron chi connectivity index (χ0n) is 9.93. The first-order valence-corrected chi connectivity index (χ1v) is 5.49. The first kappa shape index (κ1) is 13.2. The zero-order chi connectivity index (χ0) is 12.8. The van der Waals surface area contributed by atoms with Crippen LogP contribution in [0, 0.1) is 17.0 Å². The summed E-state index contributed by atoms with van der Waals surface area (Å²) in [5.41, 5.74) is 0.306. The summed E-state index contributed by atoms with van der Waals surface area (Å²) in [5.74, 6) is -0.631. The molecule has 0 heterocycles. The molecule has 92 valence electrons. The summed E-state index contributed by atoms with van der Waals surface area (Å²) in [7, 11) is 0. The molecule has 17 heavy (non-hydrogen) atoms. The highest BCUT2D eigenvalue weighted by Crippen LogP contribution is 2.23. The van der Waals surface area contributed by atoms with Gasteiger partial charge in [-0.2, -0.15) is 0 Å². The van der Waals surface area contributed by atoms with E-state index in [4.69, 9.17) is 4.74 Å². The summed E-state index contributed by atoms with van der Waals surface area (Å²) in [6.45, 7) is 3.87. The molecule has 5 heteroatoms. The monoisotopic (exact) mass is 237 g/mol. The van der Waals surface area contributed by atoms with E-state index in [9.17, 15) is 14.9 Å². The lowest BCUT2D eigenvalue weighted by molar-refractivity contribution is -0.385. The van der Waals surface area contributed by atoms with Crippen molar-refractivity contribution < 1.29 is 14.5 Å². The van der Waals surface area contributed by atoms with Crippen molar-refractivity contribution in [1.82, 2.24) is 0 Å². The van der Waals surface area contributed by atoms with Gasteiger partial charge in [-0.25, -0.2) is 4.79 Å². The summed E-state index contributed by atoms with van der Waals surface area (Å²) in [4.78, 5) is 22.0. The van der Waals surface area contributed by atoms with Gasteiger partial charge in [0.05, 0.1) is 11.5 Å². The second-order valence-corrected chi connectivity index (χ2v) is 3.72. The number of benzene rings is 1. The van der Waals surface area contributed by atoms with Crippen LogP contribution >= 0.6 is 0 Å². The van der Waals surface area contributed by atoms with Crippen molar-refractivity contribution in [2.45, 2.75) is 26.7 Å². The number of hydrogen-bond donors (Lipinski definition) is 0. The lowest BCUT2D eigenvalue weighted by Gasteiger charge is -2.05. The van der Waals surface area contributed by atoms with Crippen LogP contribution in [-0.4, -0.2) is 17.5 Å². The van der Waals surface area contributed by atoms with E-state index in [1.807, 2.05) is 6.92 Å². The minimum absolute atomic E-state index is 0.0195. The first-order chi connectivity index (χ1) is 8.07. The number of para-hydroxylation sites is 1. The molecule has 1 aromatic rings. The van der Waals surface area contributed by atoms with E-state index in [2.05, 4.69) is 0 Å². The molecule has 0 saturated heterocycles. The first-order valence-electron chi connectivity index (χ1n) is 5.49. The molecule has 1 rings (SSSR count). The molecule has 0 aliphatic rings. The highest BCUT2D eigenvalue weighted by molar-refractivity contribution is 5.94. The van der Waals surface area contributed by atoms with Crippen LogP contribution < -0.4 is 0 Å². The molecule has 0 fully saturated rings. The average Bonchev–Trinajstić information content (AvgIpc) is 2.28. The molecule has 0 aromatic heterocycles. The van der Waals surface area contributed by atoms with E-state index in [1.165, 1.54) is 6.07 Å². The van der Waals surface area contributed by atoms with Crippen LogP contribution in [0.25, 0.3) is 0 Å². The van der Waals surface area contributed by atoms with Crippen LogP contribution in [0.5, 0.6) is 0 Å². The maximum atomic E-state index is 11.7. The summed E-state index contributed by atoms with van der Waals surface area (Å²) in [6, 6.07) is 4.62. The smallest absolute Gasteiger partial charge is 0.345 e. The summed E-state index contributed by atoms with van der Waals surface area (Å²) in [6.07, 6.45) is 1.66. The number of nitrogens with zero attached hydrogens (tertiary/aromatic N) is 1. The second-order valence-electron chi connectivity index (χ2n) is 3.72. The Bertz CT molecular complexity index is 429. The number of nitro groups is 1. The van der Waals surface area contributed by atoms with E-state index in [-0.39, 0.29) is 11.3 Å². The lowest BCUT2D eigenvalue weighted by atomic mass is 10.1. The van der Waals surface area contributed by atoms with Gasteiger partial charge in [0.1, 0.15) is 5.56 Å². The van der Waals surface area contributed by atoms with Gasteiger partial charge in [-0.1, -0.05) is 25.5 Å². The quantitative estimate of drug-likeness (QED) is 0.341. The molecule has 0 spiro atoms. The van der Waals surface area contributed by atoms with Gasteiger partial charge in [0.25, 0.3) is 5.69 Å². The van der Waals surface area contributed by atoms with Gasteiger partial charge < -0.3 is 4.74 Å². The fourth-order valence-electron chi connectivity index (χ4n) is 1.45. The van der Waals surface area contributed by atoms with Crippen molar-refractivity contribution >= 4 is 11.7 Å². The average molecular weight is 237 g/mol. The SMILES string of the molecule is CCCCOC(=O)c1cccc(C)c1[N+](=O)[O-]. The number of ether oxygens (including phenoxy) is 1. The van der Waals surface area contributed by atoms with Crippen LogP contribution in [0.2, 0.25) is 0 Å². The number of nitro benzene ring substituents is 1. The summed E-state index contributed by atoms with van der Waals surface area (Å²) < 4.78 is 4.97. The van der Waals surface area contributed by atoms with E-state index in [0.717, 1.165) is 12.8 Å². The number of unbranched alkanes of at least 4 members (excludes halogenated alkanes) is 1. The molecule has 0 unspecified atom stereocenters. The van der Waals surface area contributed by atoms with E-state index < -0.39 is 10.9 Å². The highest BCUT2D eigenvalue weighted by atomic mass is 16.6. The third kappa shape index (κ3) is 3.27. The molecule has 0 atom stereocenters. The van der Waals surface area contributed by atoms with Crippen molar-refractivity contribution in [3.8, 4) is 0 Å². The lowest BCUT2D eigenvalue weighted by Crippen LogP contribution is -2.10. The Morgan fingerprint density at radius 3 is 2.76 bits per heavy atom. The van der Waals surface area contributed by atoms with Crippen LogP contribution in [-0.2, 0) is 4.74 Å². The van der Waals surface area contributed by atoms with Crippen molar-refractivity contribution in [1.29, 1.82) is 0 Å². The number of hydrogen-bond acceptors (Lipinski definition) is 4. The van der Waals surface area contributed by atoms with Crippen molar-refractivity contribution in [2.75, 3.05) is 6.61 Å². The summed E-state index contributed by atoms with van der Waals surface area (Å²) >= 11 is 0. The van der Waals surface area contributed by atoms with Crippen LogP contribution in [0.1, 0.15) is 35.7 Å². The Balaban J connectivity index is 2.93. The van der Waals surface area contributed by atoms with Gasteiger partial charge in [0.15, 0.2) is 0 Å². The summed E-state index contributed by atoms with van der Waals surface area (Å²) in [5, 5.41) is 10.9. The van der Waals surface area contributed by atoms with Crippen LogP contribution in [0.15, 0.2) is 18.2 Å².